The van der Waals surface area contributed by atoms with Gasteiger partial charge in [0.1, 0.15) is 11.8 Å². The van der Waals surface area contributed by atoms with Gasteiger partial charge in [-0.3, -0.25) is 4.99 Å². The molecule has 1 aliphatic heterocycles. The Morgan fingerprint density at radius 3 is 2.88 bits per heavy atom. The van der Waals surface area contributed by atoms with Gasteiger partial charge in [0.15, 0.2) is 0 Å². The van der Waals surface area contributed by atoms with Crippen molar-refractivity contribution in [2.24, 2.45) is 4.99 Å². The summed E-state index contributed by atoms with van der Waals surface area (Å²) in [5.41, 5.74) is 1.59. The third-order valence-corrected chi connectivity index (χ3v) is 1.13. The van der Waals surface area contributed by atoms with Crippen LogP contribution in [0.15, 0.2) is 16.6 Å². The number of hydrogen-bond acceptors (Lipinski definition) is 2. The summed E-state index contributed by atoms with van der Waals surface area (Å²) in [6, 6.07) is 2.00. The molecule has 8 heavy (non-hydrogen) atoms. The van der Waals surface area contributed by atoms with E-state index >= 15 is 0 Å². The first-order valence-electron chi connectivity index (χ1n) is 2.46. The van der Waals surface area contributed by atoms with E-state index in [0.29, 0.717) is 12.3 Å². The monoisotopic (exact) mass is 106 g/mol. The third kappa shape index (κ3) is 0.627. The van der Waals surface area contributed by atoms with Gasteiger partial charge >= 0.3 is 0 Å². The van der Waals surface area contributed by atoms with Crippen LogP contribution in [0, 0.1) is 11.3 Å². The normalized spacial score (nSPS) is 17.0. The van der Waals surface area contributed by atoms with Crippen molar-refractivity contribution < 1.29 is 0 Å². The van der Waals surface area contributed by atoms with Crippen LogP contribution in [0.2, 0.25) is 0 Å². The molecule has 0 aromatic rings. The van der Waals surface area contributed by atoms with E-state index in [4.69, 9.17) is 5.26 Å². The predicted octanol–water partition coefficient (Wildman–Crippen LogP) is 0.911. The first-order valence-corrected chi connectivity index (χ1v) is 2.46. The molecule has 2 nitrogen and oxygen atoms in total. The first kappa shape index (κ1) is 5.04. The van der Waals surface area contributed by atoms with Crippen molar-refractivity contribution in [3.05, 3.63) is 11.6 Å². The highest BCUT2D eigenvalue weighted by molar-refractivity contribution is 6.12. The second-order valence-electron chi connectivity index (χ2n) is 1.69. The molecule has 0 aromatic heterocycles. The molecule has 1 rings (SSSR count). The molecule has 0 aliphatic carbocycles. The van der Waals surface area contributed by atoms with Gasteiger partial charge in [-0.25, -0.2) is 0 Å². The largest absolute Gasteiger partial charge is 0.270 e. The van der Waals surface area contributed by atoms with Crippen LogP contribution in [0.1, 0.15) is 6.92 Å². The molecule has 0 saturated carbocycles. The van der Waals surface area contributed by atoms with E-state index in [1.54, 1.807) is 0 Å². The summed E-state index contributed by atoms with van der Waals surface area (Å²) in [6.45, 7) is 2.59. The van der Waals surface area contributed by atoms with Gasteiger partial charge in [-0.2, -0.15) is 5.26 Å². The lowest BCUT2D eigenvalue weighted by Crippen LogP contribution is -1.88. The van der Waals surface area contributed by atoms with Crippen molar-refractivity contribution in [1.82, 2.24) is 0 Å². The minimum atomic E-state index is 0.588. The lowest BCUT2D eigenvalue weighted by atomic mass is 10.2. The van der Waals surface area contributed by atoms with Gasteiger partial charge < -0.3 is 0 Å². The Morgan fingerprint density at radius 1 is 1.88 bits per heavy atom. The fourth-order valence-corrected chi connectivity index (χ4v) is 0.619. The van der Waals surface area contributed by atoms with E-state index in [9.17, 15) is 0 Å². The van der Waals surface area contributed by atoms with E-state index < -0.39 is 0 Å². The first-order chi connectivity index (χ1) is 3.84. The van der Waals surface area contributed by atoms with Gasteiger partial charge in [0.2, 0.25) is 0 Å². The number of aliphatic imine (C=N–C) groups is 1. The maximum Gasteiger partial charge on any atom is 0.138 e. The summed E-state index contributed by atoms with van der Waals surface area (Å²) in [5.74, 6) is 0. The fourth-order valence-electron chi connectivity index (χ4n) is 0.619. The Balaban J connectivity index is 2.86. The fraction of sp³-hybridized carbons (Fsp3) is 0.333. The van der Waals surface area contributed by atoms with Gasteiger partial charge in [0.05, 0.1) is 6.54 Å². The average molecular weight is 106 g/mol. The highest BCUT2D eigenvalue weighted by atomic mass is 14.7. The van der Waals surface area contributed by atoms with E-state index in [1.807, 2.05) is 19.1 Å². The van der Waals surface area contributed by atoms with Crippen LogP contribution in [-0.2, 0) is 0 Å². The van der Waals surface area contributed by atoms with Crippen LogP contribution in [0.3, 0.4) is 0 Å². The van der Waals surface area contributed by atoms with Crippen molar-refractivity contribution >= 4 is 5.71 Å². The molecule has 1 heterocycles. The van der Waals surface area contributed by atoms with Crippen molar-refractivity contribution in [2.75, 3.05) is 6.54 Å². The zero-order valence-corrected chi connectivity index (χ0v) is 4.68. The van der Waals surface area contributed by atoms with Crippen LogP contribution in [0.4, 0.5) is 0 Å². The zero-order valence-electron chi connectivity index (χ0n) is 4.68. The molecular weight excluding hydrogens is 100 g/mol. The molecule has 0 fully saturated rings. The van der Waals surface area contributed by atoms with Crippen LogP contribution in [0.25, 0.3) is 0 Å². The molecule has 0 unspecified atom stereocenters. The molecule has 0 bridgehead atoms. The molecule has 0 saturated heterocycles. The molecule has 1 aliphatic rings. The molecule has 0 N–H and O–H groups in total. The smallest absolute Gasteiger partial charge is 0.138 e. The Bertz CT molecular complexity index is 193. The van der Waals surface area contributed by atoms with E-state index in [-0.39, 0.29) is 0 Å². The summed E-state index contributed by atoms with van der Waals surface area (Å²) < 4.78 is 0. The van der Waals surface area contributed by atoms with Crippen molar-refractivity contribution in [3.8, 4) is 6.07 Å². The Morgan fingerprint density at radius 2 is 2.62 bits per heavy atom. The number of hydrogen-bond donors (Lipinski definition) is 0. The van der Waals surface area contributed by atoms with Crippen LogP contribution >= 0.6 is 0 Å². The van der Waals surface area contributed by atoms with Crippen molar-refractivity contribution in [1.29, 1.82) is 5.26 Å². The second-order valence-corrected chi connectivity index (χ2v) is 1.69. The molecule has 0 atom stereocenters. The van der Waals surface area contributed by atoms with E-state index in [0.717, 1.165) is 5.57 Å². The topological polar surface area (TPSA) is 36.1 Å². The standard InChI is InChI=1S/C6H6N2/c1-5-2-3-8-6(5)4-7/h2H,3H2,1H3. The lowest BCUT2D eigenvalue weighted by molar-refractivity contribution is 1.28. The molecule has 0 spiro atoms. The van der Waals surface area contributed by atoms with Gasteiger partial charge in [0.25, 0.3) is 0 Å². The summed E-state index contributed by atoms with van der Waals surface area (Å²) in [4.78, 5) is 3.90. The van der Waals surface area contributed by atoms with Crippen molar-refractivity contribution in [3.63, 3.8) is 0 Å². The number of allylic oxidation sites excluding steroid dienone is 1. The third-order valence-electron chi connectivity index (χ3n) is 1.13. The lowest BCUT2D eigenvalue weighted by Gasteiger charge is -1.82. The Kier molecular flexibility index (Phi) is 1.13. The molecule has 0 amide bonds. The van der Waals surface area contributed by atoms with Crippen LogP contribution in [-0.4, -0.2) is 12.3 Å². The number of nitrogens with zero attached hydrogens (tertiary/aromatic N) is 2. The molecule has 0 radical (unpaired) electrons. The van der Waals surface area contributed by atoms with Crippen LogP contribution in [0.5, 0.6) is 0 Å². The zero-order chi connectivity index (χ0) is 5.98. The Labute approximate surface area is 48.2 Å². The summed E-state index contributed by atoms with van der Waals surface area (Å²) in [6.07, 6.45) is 1.94. The van der Waals surface area contributed by atoms with Crippen molar-refractivity contribution in [2.45, 2.75) is 6.92 Å². The van der Waals surface area contributed by atoms with E-state index in [2.05, 4.69) is 4.99 Å². The average Bonchev–Trinajstić information content (AvgIpc) is 2.14. The minimum Gasteiger partial charge on any atom is -0.270 e. The Hall–Kier alpha value is -1.10. The van der Waals surface area contributed by atoms with Gasteiger partial charge in [-0.15, -0.1) is 0 Å². The maximum atomic E-state index is 8.31. The molecular formula is C6H6N2. The summed E-state index contributed by atoms with van der Waals surface area (Å²) in [7, 11) is 0. The second kappa shape index (κ2) is 1.79. The minimum absolute atomic E-state index is 0.588. The predicted molar refractivity (Wildman–Crippen MR) is 31.7 cm³/mol. The highest BCUT2D eigenvalue weighted by Gasteiger charge is 2.03. The maximum absolute atomic E-state index is 8.31. The van der Waals surface area contributed by atoms with Gasteiger partial charge in [0, 0.05) is 0 Å². The number of nitriles is 1. The van der Waals surface area contributed by atoms with Gasteiger partial charge in [-0.05, 0) is 12.5 Å². The van der Waals surface area contributed by atoms with Crippen LogP contribution < -0.4 is 0 Å². The highest BCUT2D eigenvalue weighted by Crippen LogP contribution is 2.02. The molecule has 0 aromatic carbocycles. The SMILES string of the molecule is CC1=CCN=C1C#N. The quantitative estimate of drug-likeness (QED) is 0.452. The molecule has 40 valence electrons. The van der Waals surface area contributed by atoms with E-state index in [1.165, 1.54) is 0 Å². The van der Waals surface area contributed by atoms with Gasteiger partial charge in [-0.1, -0.05) is 6.08 Å². The molecule has 2 heteroatoms. The summed E-state index contributed by atoms with van der Waals surface area (Å²) >= 11 is 0. The summed E-state index contributed by atoms with van der Waals surface area (Å²) in [5, 5.41) is 8.31. The number of rotatable bonds is 0.